The maximum absolute atomic E-state index is 12.9. The van der Waals surface area contributed by atoms with Crippen molar-refractivity contribution < 1.29 is 49.0 Å². The van der Waals surface area contributed by atoms with Crippen molar-refractivity contribution in [2.24, 2.45) is 0 Å². The van der Waals surface area contributed by atoms with E-state index in [1.807, 2.05) is 5.32 Å². The lowest BCUT2D eigenvalue weighted by atomic mass is 10.1. The molecule has 0 spiro atoms. The molecule has 2 rings (SSSR count). The third-order valence-electron chi connectivity index (χ3n) is 3.44. The predicted octanol–water partition coefficient (Wildman–Crippen LogP) is 5.76. The largest absolute Gasteiger partial charge is 0.484 e. The highest BCUT2D eigenvalue weighted by Gasteiger charge is 2.37. The van der Waals surface area contributed by atoms with Gasteiger partial charge in [0.05, 0.1) is 22.4 Å². The number of ether oxygens (including phenoxy) is 1. The Hall–Kier alpha value is -2.92. The first-order valence-electron chi connectivity index (χ1n) is 7.56. The second-order valence-electron chi connectivity index (χ2n) is 5.62. The first-order chi connectivity index (χ1) is 13.2. The molecule has 0 saturated heterocycles. The Morgan fingerprint density at radius 2 is 1.31 bits per heavy atom. The molecule has 0 saturated carbocycles. The van der Waals surface area contributed by atoms with Crippen molar-refractivity contribution in [3.8, 4) is 5.75 Å². The summed E-state index contributed by atoms with van der Waals surface area (Å²) in [6.07, 6.45) is -15.0. The van der Waals surface area contributed by atoms with Gasteiger partial charge in [0, 0.05) is 0 Å². The molecule has 0 aliphatic carbocycles. The van der Waals surface area contributed by atoms with Gasteiger partial charge in [-0.25, -0.2) is 0 Å². The zero-order valence-corrected chi connectivity index (χ0v) is 14.0. The van der Waals surface area contributed by atoms with Crippen molar-refractivity contribution >= 4 is 11.6 Å². The van der Waals surface area contributed by atoms with E-state index in [4.69, 9.17) is 0 Å². The molecular formula is C17H10F9NO2. The van der Waals surface area contributed by atoms with Gasteiger partial charge in [-0.2, -0.15) is 39.5 Å². The molecule has 0 unspecified atom stereocenters. The molecular weight excluding hydrogens is 421 g/mol. The van der Waals surface area contributed by atoms with E-state index < -0.39 is 59.2 Å². The van der Waals surface area contributed by atoms with E-state index >= 15 is 0 Å². The lowest BCUT2D eigenvalue weighted by molar-refractivity contribution is -0.143. The van der Waals surface area contributed by atoms with Crippen molar-refractivity contribution in [3.63, 3.8) is 0 Å². The Morgan fingerprint density at radius 1 is 0.793 bits per heavy atom. The minimum absolute atomic E-state index is 0.132. The van der Waals surface area contributed by atoms with Crippen LogP contribution in [0.4, 0.5) is 45.2 Å². The quantitative estimate of drug-likeness (QED) is 0.626. The molecule has 2 aromatic carbocycles. The van der Waals surface area contributed by atoms with Gasteiger partial charge in [0.2, 0.25) is 0 Å². The molecule has 0 aliphatic rings. The van der Waals surface area contributed by atoms with Crippen LogP contribution < -0.4 is 10.1 Å². The Bertz CT molecular complexity index is 853. The molecule has 3 nitrogen and oxygen atoms in total. The lowest BCUT2D eigenvalue weighted by Crippen LogP contribution is -2.22. The maximum atomic E-state index is 12.9. The number of hydrogen-bond donors (Lipinski definition) is 1. The van der Waals surface area contributed by atoms with Gasteiger partial charge in [-0.15, -0.1) is 0 Å². The molecule has 12 heteroatoms. The number of alkyl halides is 9. The molecule has 0 radical (unpaired) electrons. The Balaban J connectivity index is 2.19. The summed E-state index contributed by atoms with van der Waals surface area (Å²) < 4.78 is 120. The number of carbonyl (C=O) groups excluding carboxylic acids is 1. The van der Waals surface area contributed by atoms with E-state index in [1.165, 1.54) is 6.07 Å². The van der Waals surface area contributed by atoms with E-state index in [-0.39, 0.29) is 18.2 Å². The maximum Gasteiger partial charge on any atom is 0.418 e. The number of para-hydroxylation sites is 1. The summed E-state index contributed by atoms with van der Waals surface area (Å²) in [5, 5.41) is 1.85. The number of carbonyl (C=O) groups is 1. The summed E-state index contributed by atoms with van der Waals surface area (Å²) in [5.74, 6) is -2.14. The third kappa shape index (κ3) is 6.03. The third-order valence-corrected chi connectivity index (χ3v) is 3.44. The molecule has 0 bridgehead atoms. The minimum Gasteiger partial charge on any atom is -0.484 e. The number of amides is 1. The SMILES string of the molecule is O=C(COc1cc(C(F)(F)F)cc(C(F)(F)F)c1)Nc1ccccc1C(F)(F)F. The summed E-state index contributed by atoms with van der Waals surface area (Å²) in [5.41, 5.74) is -5.16. The molecule has 0 aromatic heterocycles. The van der Waals surface area contributed by atoms with Crippen LogP contribution in [0.5, 0.6) is 5.75 Å². The molecule has 1 amide bonds. The summed E-state index contributed by atoms with van der Waals surface area (Å²) in [6, 6.07) is 4.21. The van der Waals surface area contributed by atoms with Gasteiger partial charge in [-0.3, -0.25) is 4.79 Å². The molecule has 0 heterocycles. The number of nitrogens with one attached hydrogen (secondary N) is 1. The van der Waals surface area contributed by atoms with Crippen molar-refractivity contribution in [3.05, 3.63) is 59.2 Å². The monoisotopic (exact) mass is 431 g/mol. The number of halogens is 9. The van der Waals surface area contributed by atoms with Crippen LogP contribution in [-0.4, -0.2) is 12.5 Å². The second-order valence-corrected chi connectivity index (χ2v) is 5.62. The summed E-state index contributed by atoms with van der Waals surface area (Å²) in [6.45, 7) is -1.12. The highest BCUT2D eigenvalue weighted by Crippen LogP contribution is 2.38. The van der Waals surface area contributed by atoms with Crippen LogP contribution in [0.25, 0.3) is 0 Å². The first-order valence-corrected chi connectivity index (χ1v) is 7.56. The Kier molecular flexibility index (Phi) is 6.04. The van der Waals surface area contributed by atoms with E-state index in [9.17, 15) is 44.3 Å². The van der Waals surface area contributed by atoms with Gasteiger partial charge in [-0.05, 0) is 30.3 Å². The van der Waals surface area contributed by atoms with E-state index in [0.29, 0.717) is 6.07 Å². The standard InChI is InChI=1S/C17H10F9NO2/c18-15(19,20)9-5-10(16(21,22)23)7-11(6-9)29-8-14(28)27-13-4-2-1-3-12(13)17(24,25)26/h1-7H,8H2,(H,27,28). The van der Waals surface area contributed by atoms with Gasteiger partial charge in [0.15, 0.2) is 6.61 Å². The van der Waals surface area contributed by atoms with Crippen molar-refractivity contribution in [2.45, 2.75) is 18.5 Å². The van der Waals surface area contributed by atoms with Crippen LogP contribution in [0.15, 0.2) is 42.5 Å². The number of anilines is 1. The molecule has 0 fully saturated rings. The van der Waals surface area contributed by atoms with E-state index in [2.05, 4.69) is 4.74 Å². The Labute approximate surface area is 157 Å². The van der Waals surface area contributed by atoms with Crippen LogP contribution >= 0.6 is 0 Å². The van der Waals surface area contributed by atoms with Gasteiger partial charge < -0.3 is 10.1 Å². The van der Waals surface area contributed by atoms with Gasteiger partial charge in [-0.1, -0.05) is 12.1 Å². The van der Waals surface area contributed by atoms with Gasteiger partial charge in [0.25, 0.3) is 5.91 Å². The lowest BCUT2D eigenvalue weighted by Gasteiger charge is -2.16. The van der Waals surface area contributed by atoms with E-state index in [0.717, 1.165) is 12.1 Å². The first kappa shape index (κ1) is 22.4. The molecule has 158 valence electrons. The normalized spacial score (nSPS) is 12.6. The molecule has 0 aliphatic heterocycles. The summed E-state index contributed by atoms with van der Waals surface area (Å²) in [7, 11) is 0. The summed E-state index contributed by atoms with van der Waals surface area (Å²) in [4.78, 5) is 11.8. The predicted molar refractivity (Wildman–Crippen MR) is 82.0 cm³/mol. The molecule has 0 atom stereocenters. The molecule has 29 heavy (non-hydrogen) atoms. The van der Waals surface area contributed by atoms with Gasteiger partial charge in [0.1, 0.15) is 5.75 Å². The highest BCUT2D eigenvalue weighted by atomic mass is 19.4. The van der Waals surface area contributed by atoms with Crippen molar-refractivity contribution in [2.75, 3.05) is 11.9 Å². The van der Waals surface area contributed by atoms with Crippen LogP contribution in [0, 0.1) is 0 Å². The fourth-order valence-electron chi connectivity index (χ4n) is 2.18. The summed E-state index contributed by atoms with van der Waals surface area (Å²) >= 11 is 0. The zero-order valence-electron chi connectivity index (χ0n) is 14.0. The molecule has 1 N–H and O–H groups in total. The minimum atomic E-state index is -5.12. The van der Waals surface area contributed by atoms with Crippen molar-refractivity contribution in [1.29, 1.82) is 0 Å². The average Bonchev–Trinajstić information content (AvgIpc) is 2.58. The number of hydrogen-bond acceptors (Lipinski definition) is 2. The van der Waals surface area contributed by atoms with Crippen LogP contribution in [0.3, 0.4) is 0 Å². The van der Waals surface area contributed by atoms with Crippen LogP contribution in [0.2, 0.25) is 0 Å². The van der Waals surface area contributed by atoms with E-state index in [1.54, 1.807) is 0 Å². The highest BCUT2D eigenvalue weighted by molar-refractivity contribution is 5.92. The average molecular weight is 431 g/mol. The molecule has 2 aromatic rings. The fraction of sp³-hybridized carbons (Fsp3) is 0.235. The number of benzene rings is 2. The van der Waals surface area contributed by atoms with Crippen LogP contribution in [0.1, 0.15) is 16.7 Å². The van der Waals surface area contributed by atoms with Crippen molar-refractivity contribution in [1.82, 2.24) is 0 Å². The van der Waals surface area contributed by atoms with Gasteiger partial charge >= 0.3 is 18.5 Å². The van der Waals surface area contributed by atoms with Crippen LogP contribution in [-0.2, 0) is 23.3 Å². The second kappa shape index (κ2) is 7.84. The zero-order chi connectivity index (χ0) is 22.0. The number of rotatable bonds is 4. The fourth-order valence-corrected chi connectivity index (χ4v) is 2.18. The Morgan fingerprint density at radius 3 is 1.79 bits per heavy atom. The smallest absolute Gasteiger partial charge is 0.418 e. The topological polar surface area (TPSA) is 38.3 Å².